The number of aryl methyl sites for hydroxylation is 2. The first kappa shape index (κ1) is 17.7. The van der Waals surface area contributed by atoms with Crippen LogP contribution in [0.1, 0.15) is 18.1 Å². The van der Waals surface area contributed by atoms with Gasteiger partial charge >= 0.3 is 5.69 Å². The largest absolute Gasteiger partial charge is 0.331 e. The quantitative estimate of drug-likeness (QED) is 0.783. The Hall–Kier alpha value is -3.15. The molecule has 0 fully saturated rings. The van der Waals surface area contributed by atoms with Crippen molar-refractivity contribution in [1.82, 2.24) is 9.13 Å². The number of para-hydroxylation sites is 2. The first-order chi connectivity index (χ1) is 12.4. The third-order valence-corrected chi connectivity index (χ3v) is 4.55. The molecule has 0 aliphatic carbocycles. The Morgan fingerprint density at radius 3 is 2.54 bits per heavy atom. The number of anilines is 1. The van der Waals surface area contributed by atoms with Gasteiger partial charge in [0.2, 0.25) is 5.91 Å². The number of hydrogen-bond donors (Lipinski definition) is 1. The van der Waals surface area contributed by atoms with Crippen molar-refractivity contribution in [3.05, 3.63) is 74.4 Å². The molecule has 1 amide bonds. The molecule has 2 aromatic carbocycles. The highest BCUT2D eigenvalue weighted by molar-refractivity contribution is 5.93. The number of benzene rings is 2. The van der Waals surface area contributed by atoms with Gasteiger partial charge in [-0.3, -0.25) is 18.7 Å². The van der Waals surface area contributed by atoms with Gasteiger partial charge in [-0.05, 0) is 36.6 Å². The maximum Gasteiger partial charge on any atom is 0.331 e. The van der Waals surface area contributed by atoms with Gasteiger partial charge in [0.1, 0.15) is 6.54 Å². The van der Waals surface area contributed by atoms with Crippen molar-refractivity contribution >= 4 is 22.5 Å². The number of nitrogens with one attached hydrogen (secondary N) is 1. The van der Waals surface area contributed by atoms with E-state index in [1.165, 1.54) is 11.6 Å². The number of carbonyl (C=O) groups is 1. The molecule has 134 valence electrons. The first-order valence-corrected chi connectivity index (χ1v) is 8.51. The molecule has 0 aliphatic rings. The zero-order chi connectivity index (χ0) is 18.8. The van der Waals surface area contributed by atoms with Crippen molar-refractivity contribution in [3.63, 3.8) is 0 Å². The number of carbonyl (C=O) groups excluding carboxylic acids is 1. The van der Waals surface area contributed by atoms with Gasteiger partial charge in [-0.1, -0.05) is 37.3 Å². The van der Waals surface area contributed by atoms with E-state index >= 15 is 0 Å². The number of aromatic nitrogens is 2. The third kappa shape index (κ3) is 3.06. The molecule has 0 saturated heterocycles. The van der Waals surface area contributed by atoms with E-state index in [4.69, 9.17) is 0 Å². The fraction of sp³-hybridized carbons (Fsp3) is 0.250. The zero-order valence-electron chi connectivity index (χ0n) is 15.1. The van der Waals surface area contributed by atoms with Gasteiger partial charge in [-0.2, -0.15) is 0 Å². The SMILES string of the molecule is CCc1cccc(C)c1NC(=O)Cn1c(=O)n(C)c(=O)c2ccccc21. The topological polar surface area (TPSA) is 73.1 Å². The van der Waals surface area contributed by atoms with Gasteiger partial charge in [0.05, 0.1) is 10.9 Å². The van der Waals surface area contributed by atoms with Crippen LogP contribution in [-0.2, 0) is 24.8 Å². The van der Waals surface area contributed by atoms with Crippen LogP contribution >= 0.6 is 0 Å². The van der Waals surface area contributed by atoms with Gasteiger partial charge < -0.3 is 5.32 Å². The highest BCUT2D eigenvalue weighted by atomic mass is 16.2. The number of hydrogen-bond acceptors (Lipinski definition) is 3. The highest BCUT2D eigenvalue weighted by Crippen LogP contribution is 2.21. The Bertz CT molecular complexity index is 1110. The molecular formula is C20H21N3O3. The summed E-state index contributed by atoms with van der Waals surface area (Å²) < 4.78 is 2.36. The molecule has 6 heteroatoms. The van der Waals surface area contributed by atoms with Crippen molar-refractivity contribution < 1.29 is 4.79 Å². The van der Waals surface area contributed by atoms with Gasteiger partial charge in [0, 0.05) is 12.7 Å². The molecule has 0 atom stereocenters. The van der Waals surface area contributed by atoms with Crippen molar-refractivity contribution in [2.45, 2.75) is 26.8 Å². The average molecular weight is 351 g/mol. The van der Waals surface area contributed by atoms with Crippen LogP contribution in [0.15, 0.2) is 52.1 Å². The molecule has 1 N–H and O–H groups in total. The van der Waals surface area contributed by atoms with Crippen molar-refractivity contribution in [2.24, 2.45) is 7.05 Å². The molecule has 6 nitrogen and oxygen atoms in total. The molecule has 0 saturated carbocycles. The second-order valence-corrected chi connectivity index (χ2v) is 6.26. The first-order valence-electron chi connectivity index (χ1n) is 8.51. The monoisotopic (exact) mass is 351 g/mol. The summed E-state index contributed by atoms with van der Waals surface area (Å²) in [5, 5.41) is 3.33. The molecule has 3 aromatic rings. The van der Waals surface area contributed by atoms with Gasteiger partial charge in [0.15, 0.2) is 0 Å². The Morgan fingerprint density at radius 2 is 1.81 bits per heavy atom. The average Bonchev–Trinajstić information content (AvgIpc) is 2.65. The van der Waals surface area contributed by atoms with Crippen LogP contribution in [0.5, 0.6) is 0 Å². The second kappa shape index (κ2) is 7.00. The van der Waals surface area contributed by atoms with Crippen molar-refractivity contribution in [1.29, 1.82) is 0 Å². The minimum atomic E-state index is -0.510. The fourth-order valence-corrected chi connectivity index (χ4v) is 3.12. The summed E-state index contributed by atoms with van der Waals surface area (Å²) >= 11 is 0. The lowest BCUT2D eigenvalue weighted by Gasteiger charge is -2.15. The predicted octanol–water partition coefficient (Wildman–Crippen LogP) is 2.21. The number of nitrogens with zero attached hydrogens (tertiary/aromatic N) is 2. The normalized spacial score (nSPS) is 10.9. The molecule has 3 rings (SSSR count). The van der Waals surface area contributed by atoms with Gasteiger partial charge in [-0.15, -0.1) is 0 Å². The lowest BCUT2D eigenvalue weighted by atomic mass is 10.1. The molecule has 0 aliphatic heterocycles. The van der Waals surface area contributed by atoms with E-state index in [-0.39, 0.29) is 18.0 Å². The summed E-state index contributed by atoms with van der Waals surface area (Å²) in [5.41, 5.74) is 2.36. The van der Waals surface area contributed by atoms with E-state index in [1.807, 2.05) is 32.0 Å². The third-order valence-electron chi connectivity index (χ3n) is 4.55. The maximum absolute atomic E-state index is 12.6. The van der Waals surface area contributed by atoms with Crippen molar-refractivity contribution in [2.75, 3.05) is 5.32 Å². The van der Waals surface area contributed by atoms with E-state index in [0.29, 0.717) is 10.9 Å². The van der Waals surface area contributed by atoms with Gasteiger partial charge in [0.25, 0.3) is 5.56 Å². The van der Waals surface area contributed by atoms with E-state index in [0.717, 1.165) is 27.8 Å². The molecule has 0 spiro atoms. The van der Waals surface area contributed by atoms with E-state index in [2.05, 4.69) is 5.32 Å². The lowest BCUT2D eigenvalue weighted by Crippen LogP contribution is -2.40. The summed E-state index contributed by atoms with van der Waals surface area (Å²) in [7, 11) is 1.42. The summed E-state index contributed by atoms with van der Waals surface area (Å²) in [6.07, 6.45) is 0.792. The second-order valence-electron chi connectivity index (χ2n) is 6.26. The molecular weight excluding hydrogens is 330 g/mol. The molecule has 0 unspecified atom stereocenters. The molecule has 1 aromatic heterocycles. The molecule has 0 radical (unpaired) electrons. The smallest absolute Gasteiger partial charge is 0.324 e. The van der Waals surface area contributed by atoms with E-state index in [9.17, 15) is 14.4 Å². The van der Waals surface area contributed by atoms with Crippen LogP contribution in [0.25, 0.3) is 10.9 Å². The van der Waals surface area contributed by atoms with Crippen LogP contribution < -0.4 is 16.6 Å². The minimum absolute atomic E-state index is 0.162. The standard InChI is InChI=1S/C20H21N3O3/c1-4-14-9-7-8-13(2)18(14)21-17(24)12-23-16-11-6-5-10-15(16)19(25)22(3)20(23)26/h5-11H,4,12H2,1-3H3,(H,21,24). The summed E-state index contributed by atoms with van der Waals surface area (Å²) in [5.74, 6) is -0.306. The predicted molar refractivity (Wildman–Crippen MR) is 103 cm³/mol. The summed E-state index contributed by atoms with van der Waals surface area (Å²) in [6, 6.07) is 12.7. The van der Waals surface area contributed by atoms with Crippen molar-refractivity contribution in [3.8, 4) is 0 Å². The minimum Gasteiger partial charge on any atom is -0.324 e. The van der Waals surface area contributed by atoms with Crippen LogP contribution in [0, 0.1) is 6.92 Å². The molecule has 0 bridgehead atoms. The lowest BCUT2D eigenvalue weighted by molar-refractivity contribution is -0.116. The Balaban J connectivity index is 2.02. The highest BCUT2D eigenvalue weighted by Gasteiger charge is 2.14. The maximum atomic E-state index is 12.6. The van der Waals surface area contributed by atoms with E-state index in [1.54, 1.807) is 24.3 Å². The molecule has 26 heavy (non-hydrogen) atoms. The van der Waals surface area contributed by atoms with Crippen LogP contribution in [0.4, 0.5) is 5.69 Å². The van der Waals surface area contributed by atoms with Crippen LogP contribution in [0.3, 0.4) is 0 Å². The van der Waals surface area contributed by atoms with Gasteiger partial charge in [-0.25, -0.2) is 4.79 Å². The molecule has 1 heterocycles. The summed E-state index contributed by atoms with van der Waals surface area (Å²) in [6.45, 7) is 3.79. The van der Waals surface area contributed by atoms with E-state index < -0.39 is 5.69 Å². The Morgan fingerprint density at radius 1 is 1.08 bits per heavy atom. The number of fused-ring (bicyclic) bond motifs is 1. The Labute approximate surface area is 150 Å². The van der Waals surface area contributed by atoms with Crippen LogP contribution in [0.2, 0.25) is 0 Å². The van der Waals surface area contributed by atoms with Crippen LogP contribution in [-0.4, -0.2) is 15.0 Å². The number of rotatable bonds is 4. The zero-order valence-corrected chi connectivity index (χ0v) is 15.1. The summed E-state index contributed by atoms with van der Waals surface area (Å²) in [4.78, 5) is 37.4. The fourth-order valence-electron chi connectivity index (χ4n) is 3.12. The number of amides is 1. The Kier molecular flexibility index (Phi) is 4.75.